The van der Waals surface area contributed by atoms with Crippen molar-refractivity contribution in [3.63, 3.8) is 0 Å². The predicted molar refractivity (Wildman–Crippen MR) is 80.5 cm³/mol. The molecule has 18 heavy (non-hydrogen) atoms. The smallest absolute Gasteiger partial charge is 0.263 e. The number of ether oxygens (including phenoxy) is 1. The summed E-state index contributed by atoms with van der Waals surface area (Å²) in [5, 5.41) is 0. The zero-order chi connectivity index (χ0) is 13.4. The molecule has 0 bridgehead atoms. The van der Waals surface area contributed by atoms with E-state index in [0.717, 1.165) is 30.4 Å². The van der Waals surface area contributed by atoms with Gasteiger partial charge in [-0.3, -0.25) is 0 Å². The zero-order valence-corrected chi connectivity index (χ0v) is 12.8. The molecule has 1 rings (SSSR count). The highest BCUT2D eigenvalue weighted by Crippen LogP contribution is 2.18. The van der Waals surface area contributed by atoms with Crippen LogP contribution in [-0.4, -0.2) is 21.4 Å². The van der Waals surface area contributed by atoms with Crippen LogP contribution < -0.4 is 4.43 Å². The molecule has 1 aromatic rings. The molecule has 3 heteroatoms. The van der Waals surface area contributed by atoms with Crippen LogP contribution in [0.5, 0.6) is 5.75 Å². The van der Waals surface area contributed by atoms with E-state index in [1.807, 2.05) is 37.3 Å². The van der Waals surface area contributed by atoms with Gasteiger partial charge in [-0.05, 0) is 37.6 Å². The summed E-state index contributed by atoms with van der Waals surface area (Å²) in [5.41, 5.74) is 1.35. The first-order valence-corrected chi connectivity index (χ1v) is 8.67. The molecule has 2 unspecified atom stereocenters. The Morgan fingerprint density at radius 2 is 2.17 bits per heavy atom. The summed E-state index contributed by atoms with van der Waals surface area (Å²) in [4.78, 5) is 0. The minimum absolute atomic E-state index is 0.252. The normalized spacial score (nSPS) is 13.9. The topological polar surface area (TPSA) is 18.5 Å². The van der Waals surface area contributed by atoms with E-state index in [2.05, 4.69) is 20.4 Å². The van der Waals surface area contributed by atoms with Gasteiger partial charge in [-0.1, -0.05) is 38.1 Å². The van der Waals surface area contributed by atoms with Gasteiger partial charge >= 0.3 is 0 Å². The molecule has 0 N–H and O–H groups in total. The van der Waals surface area contributed by atoms with Crippen LogP contribution >= 0.6 is 0 Å². The maximum Gasteiger partial charge on any atom is 0.263 e. The van der Waals surface area contributed by atoms with Crippen molar-refractivity contribution in [2.24, 2.45) is 0 Å². The lowest BCUT2D eigenvalue weighted by molar-refractivity contribution is 0.118. The highest BCUT2D eigenvalue weighted by Gasteiger charge is 2.21. The van der Waals surface area contributed by atoms with Crippen molar-refractivity contribution in [1.29, 1.82) is 0 Å². The Labute approximate surface area is 112 Å². The minimum Gasteiger partial charge on any atom is -0.544 e. The summed E-state index contributed by atoms with van der Waals surface area (Å²) in [5.74, 6) is 0.948. The molecule has 0 aliphatic heterocycles. The maximum absolute atomic E-state index is 6.18. The lowest BCUT2D eigenvalue weighted by atomic mass is 10.2. The fourth-order valence-electron chi connectivity index (χ4n) is 1.93. The van der Waals surface area contributed by atoms with Gasteiger partial charge in [-0.25, -0.2) is 0 Å². The molecule has 2 nitrogen and oxygen atoms in total. The van der Waals surface area contributed by atoms with Gasteiger partial charge in [0, 0.05) is 6.61 Å². The van der Waals surface area contributed by atoms with Crippen molar-refractivity contribution < 1.29 is 9.16 Å². The van der Waals surface area contributed by atoms with Crippen LogP contribution in [-0.2, 0) is 4.74 Å². The fourth-order valence-corrected chi connectivity index (χ4v) is 4.19. The quantitative estimate of drug-likeness (QED) is 0.665. The van der Waals surface area contributed by atoms with Gasteiger partial charge in [0.05, 0.1) is 5.73 Å². The Kier molecular flexibility index (Phi) is 6.76. The van der Waals surface area contributed by atoms with Gasteiger partial charge in [0.1, 0.15) is 5.75 Å². The van der Waals surface area contributed by atoms with E-state index in [1.54, 1.807) is 0 Å². The average Bonchev–Trinajstić information content (AvgIpc) is 2.39. The highest BCUT2D eigenvalue weighted by molar-refractivity contribution is 6.54. The van der Waals surface area contributed by atoms with Crippen LogP contribution in [0.3, 0.4) is 0 Å². The summed E-state index contributed by atoms with van der Waals surface area (Å²) >= 11 is 0. The third kappa shape index (κ3) is 4.67. The van der Waals surface area contributed by atoms with Gasteiger partial charge in [0.2, 0.25) is 0 Å². The Balaban J connectivity index is 2.72. The Morgan fingerprint density at radius 3 is 2.78 bits per heavy atom. The first-order valence-electron chi connectivity index (χ1n) is 6.72. The monoisotopic (exact) mass is 264 g/mol. The molecule has 0 saturated heterocycles. The minimum atomic E-state index is -1.36. The van der Waals surface area contributed by atoms with E-state index in [0.29, 0.717) is 0 Å². The summed E-state index contributed by atoms with van der Waals surface area (Å²) in [6, 6.07) is 9.24. The van der Waals surface area contributed by atoms with Crippen LogP contribution in [0.4, 0.5) is 0 Å². The standard InChI is InChI=1S/C15H24O2Si/c1-5-11-18(13(4)16-7-3)17-15-10-8-9-14(6-2)12-15/h6,8-10,12-13,18H,2,5,7,11H2,1,3-4H3. The van der Waals surface area contributed by atoms with E-state index in [4.69, 9.17) is 9.16 Å². The van der Waals surface area contributed by atoms with Crippen molar-refractivity contribution in [2.75, 3.05) is 6.61 Å². The Morgan fingerprint density at radius 1 is 1.39 bits per heavy atom. The van der Waals surface area contributed by atoms with Crippen LogP contribution in [0, 0.1) is 0 Å². The third-order valence-corrected chi connectivity index (χ3v) is 5.87. The molecule has 0 fully saturated rings. The molecule has 0 radical (unpaired) electrons. The first-order chi connectivity index (χ1) is 8.71. The zero-order valence-electron chi connectivity index (χ0n) is 11.7. The fraction of sp³-hybridized carbons (Fsp3) is 0.467. The second kappa shape index (κ2) is 8.11. The predicted octanol–water partition coefficient (Wildman–Crippen LogP) is 3.81. The second-order valence-electron chi connectivity index (χ2n) is 4.38. The van der Waals surface area contributed by atoms with Gasteiger partial charge in [0.15, 0.2) is 0 Å². The summed E-state index contributed by atoms with van der Waals surface area (Å²) < 4.78 is 11.9. The molecule has 0 amide bonds. The van der Waals surface area contributed by atoms with Gasteiger partial charge in [-0.2, -0.15) is 0 Å². The number of hydrogen-bond acceptors (Lipinski definition) is 2. The summed E-state index contributed by atoms with van der Waals surface area (Å²) in [6.07, 6.45) is 2.99. The molecule has 0 heterocycles. The average molecular weight is 264 g/mol. The van der Waals surface area contributed by atoms with Crippen LogP contribution in [0.1, 0.15) is 32.8 Å². The molecule has 0 saturated carbocycles. The van der Waals surface area contributed by atoms with E-state index in [-0.39, 0.29) is 5.73 Å². The molecule has 0 spiro atoms. The van der Waals surface area contributed by atoms with Crippen molar-refractivity contribution in [3.05, 3.63) is 36.4 Å². The van der Waals surface area contributed by atoms with E-state index in [1.165, 1.54) is 0 Å². The molecule has 0 aromatic heterocycles. The lowest BCUT2D eigenvalue weighted by Gasteiger charge is -2.23. The number of hydrogen-bond donors (Lipinski definition) is 0. The van der Waals surface area contributed by atoms with Crippen molar-refractivity contribution >= 4 is 15.1 Å². The van der Waals surface area contributed by atoms with Crippen molar-refractivity contribution in [2.45, 2.75) is 39.0 Å². The molecule has 2 atom stereocenters. The van der Waals surface area contributed by atoms with Crippen molar-refractivity contribution in [1.82, 2.24) is 0 Å². The molecule has 1 aromatic carbocycles. The molecular formula is C15H24O2Si. The lowest BCUT2D eigenvalue weighted by Crippen LogP contribution is -2.36. The molecule has 0 aliphatic rings. The van der Waals surface area contributed by atoms with Crippen molar-refractivity contribution in [3.8, 4) is 5.75 Å². The largest absolute Gasteiger partial charge is 0.544 e. The van der Waals surface area contributed by atoms with E-state index < -0.39 is 9.04 Å². The van der Waals surface area contributed by atoms with Crippen LogP contribution in [0.15, 0.2) is 30.8 Å². The Hall–Kier alpha value is -1.06. The van der Waals surface area contributed by atoms with Gasteiger partial charge < -0.3 is 9.16 Å². The maximum atomic E-state index is 6.18. The highest BCUT2D eigenvalue weighted by atomic mass is 28.3. The van der Waals surface area contributed by atoms with E-state index >= 15 is 0 Å². The summed E-state index contributed by atoms with van der Waals surface area (Å²) in [6.45, 7) is 10.9. The van der Waals surface area contributed by atoms with Crippen LogP contribution in [0.2, 0.25) is 6.04 Å². The Bertz CT molecular complexity index is 365. The van der Waals surface area contributed by atoms with Crippen LogP contribution in [0.25, 0.3) is 6.08 Å². The third-order valence-electron chi connectivity index (χ3n) is 2.91. The molecule has 100 valence electrons. The second-order valence-corrected chi connectivity index (χ2v) is 7.21. The number of rotatable bonds is 8. The first kappa shape index (κ1) is 15.0. The van der Waals surface area contributed by atoms with E-state index in [9.17, 15) is 0 Å². The summed E-state index contributed by atoms with van der Waals surface area (Å²) in [7, 11) is -1.36. The number of benzene rings is 1. The van der Waals surface area contributed by atoms with Gasteiger partial charge in [-0.15, -0.1) is 0 Å². The van der Waals surface area contributed by atoms with Gasteiger partial charge in [0.25, 0.3) is 9.04 Å². The molecular weight excluding hydrogens is 240 g/mol. The molecule has 0 aliphatic carbocycles. The SMILES string of the molecule is C=Cc1cccc(O[SiH](CCC)C(C)OCC)c1.